The van der Waals surface area contributed by atoms with Crippen molar-refractivity contribution < 1.29 is 35.3 Å². The Balaban J connectivity index is 0.000000569. The van der Waals surface area contributed by atoms with Gasteiger partial charge in [0.15, 0.2) is 0 Å². The minimum absolute atomic E-state index is 0. The second-order valence-electron chi connectivity index (χ2n) is 7.94. The summed E-state index contributed by atoms with van der Waals surface area (Å²) in [6.07, 6.45) is 3.44. The summed E-state index contributed by atoms with van der Waals surface area (Å²) in [7, 11) is 0.759. The summed E-state index contributed by atoms with van der Waals surface area (Å²) >= 11 is 0. The van der Waals surface area contributed by atoms with Crippen LogP contribution in [0.25, 0.3) is 10.8 Å². The van der Waals surface area contributed by atoms with E-state index in [1.807, 2.05) is 0 Å². The van der Waals surface area contributed by atoms with E-state index in [1.54, 1.807) is 0 Å². The maximum Gasteiger partial charge on any atom is 4.00 e. The number of benzene rings is 2. The molecule has 30 heavy (non-hydrogen) atoms. The van der Waals surface area contributed by atoms with Gasteiger partial charge in [-0.3, -0.25) is 6.08 Å². The van der Waals surface area contributed by atoms with Gasteiger partial charge in [-0.1, -0.05) is 72.0 Å². The zero-order valence-electron chi connectivity index (χ0n) is 18.5. The van der Waals surface area contributed by atoms with Crippen LogP contribution in [0, 0.1) is 18.4 Å². The van der Waals surface area contributed by atoms with Gasteiger partial charge >= 0.3 is 25.8 Å². The van der Waals surface area contributed by atoms with Crippen molar-refractivity contribution in [1.29, 1.82) is 0 Å². The number of aryl methyl sites for hydroxylation is 1. The molecule has 1 atom stereocenters. The first-order chi connectivity index (χ1) is 12.8. The minimum Gasteiger partial charge on any atom is -1.00 e. The molecule has 156 valence electrons. The van der Waals surface area contributed by atoms with Crippen LogP contribution < -0.4 is 20.0 Å². The Hall–Kier alpha value is -1.31. The first-order valence-electron chi connectivity index (χ1n) is 9.56. The molecule has 4 heteroatoms. The predicted octanol–water partition coefficient (Wildman–Crippen LogP) is 0.614. The number of rotatable bonds is 2. The summed E-state index contributed by atoms with van der Waals surface area (Å²) in [5.41, 5.74) is 5.78. The molecule has 1 aliphatic rings. The van der Waals surface area contributed by atoms with Crippen LogP contribution in [0.1, 0.15) is 40.2 Å². The Morgan fingerprint density at radius 1 is 0.867 bits per heavy atom. The molecule has 0 amide bonds. The van der Waals surface area contributed by atoms with Crippen LogP contribution in [0.4, 0.5) is 0 Å². The van der Waals surface area contributed by atoms with Crippen LogP contribution in [-0.2, 0) is 25.8 Å². The molecule has 0 bridgehead atoms. The molecule has 0 N–H and O–H groups in total. The van der Waals surface area contributed by atoms with Gasteiger partial charge in [0.25, 0.3) is 0 Å². The first kappa shape index (κ1) is 28.7. The average Bonchev–Trinajstić information content (AvgIpc) is 3.11. The summed E-state index contributed by atoms with van der Waals surface area (Å²) in [5, 5.41) is 5.58. The molecule has 3 aromatic carbocycles. The van der Waals surface area contributed by atoms with Crippen LogP contribution >= 0.6 is 8.58 Å². The number of halogens is 2. The Bertz CT molecular complexity index is 995. The molecule has 1 unspecified atom stereocenters. The van der Waals surface area contributed by atoms with Crippen molar-refractivity contribution in [1.82, 2.24) is 0 Å². The van der Waals surface area contributed by atoms with Gasteiger partial charge in [-0.2, -0.15) is 17.2 Å². The standard InChI is InChI=1S/C16H14P.C10H15.2FH.Hf/c1-12-6-2-5-9-16(12)17-15-10-13-7-3-4-8-14(13)11-15;1-7-6-10(4,5)9(3)8(7)2;;;/h2-11,17H,1H3;1-5H3;2*1H;/q2*-1;;;+4/p-2. The van der Waals surface area contributed by atoms with E-state index in [0.717, 1.165) is 8.58 Å². The summed E-state index contributed by atoms with van der Waals surface area (Å²) in [6.45, 7) is 13.1. The second kappa shape index (κ2) is 11.9. The Morgan fingerprint density at radius 3 is 1.97 bits per heavy atom. The summed E-state index contributed by atoms with van der Waals surface area (Å²) in [6, 6.07) is 21.8. The molecule has 3 aromatic rings. The molecule has 0 fully saturated rings. The summed E-state index contributed by atoms with van der Waals surface area (Å²) < 4.78 is 0. The minimum atomic E-state index is 0. The SMILES string of the molecule is CC1=[C-]C(C)(C)C(C)=C1C.Cc1ccccc1Pc1cc2ccccc2[cH-]1.[F-].[F-].[Hf+4]. The number of fused-ring (bicyclic) bond motifs is 1. The van der Waals surface area contributed by atoms with Gasteiger partial charge in [0, 0.05) is 0 Å². The molecule has 0 saturated heterocycles. The zero-order chi connectivity index (χ0) is 19.6. The van der Waals surface area contributed by atoms with Crippen molar-refractivity contribution in [2.75, 3.05) is 0 Å². The third kappa shape index (κ3) is 6.59. The predicted molar refractivity (Wildman–Crippen MR) is 123 cm³/mol. The number of allylic oxidation sites excluding steroid dienone is 4. The molecular weight excluding hydrogens is 560 g/mol. The van der Waals surface area contributed by atoms with E-state index in [9.17, 15) is 0 Å². The molecule has 0 aliphatic heterocycles. The Kier molecular flexibility index (Phi) is 11.4. The third-order valence-corrected chi connectivity index (χ3v) is 7.01. The van der Waals surface area contributed by atoms with Crippen molar-refractivity contribution in [2.24, 2.45) is 5.41 Å². The van der Waals surface area contributed by atoms with Crippen molar-refractivity contribution in [3.8, 4) is 0 Å². The van der Waals surface area contributed by atoms with E-state index in [-0.39, 0.29) is 40.7 Å². The van der Waals surface area contributed by atoms with Crippen molar-refractivity contribution in [3.05, 3.63) is 89.0 Å². The fourth-order valence-electron chi connectivity index (χ4n) is 3.50. The van der Waals surface area contributed by atoms with E-state index in [0.29, 0.717) is 0 Å². The summed E-state index contributed by atoms with van der Waals surface area (Å²) in [5.74, 6) is 0. The molecule has 0 nitrogen and oxygen atoms in total. The van der Waals surface area contributed by atoms with Gasteiger partial charge < -0.3 is 9.41 Å². The number of hydrogen-bond donors (Lipinski definition) is 0. The second-order valence-corrected chi connectivity index (χ2v) is 9.30. The first-order valence-corrected chi connectivity index (χ1v) is 10.6. The van der Waals surface area contributed by atoms with Crippen LogP contribution in [0.15, 0.2) is 77.4 Å². The zero-order valence-corrected chi connectivity index (χ0v) is 23.1. The molecule has 0 heterocycles. The van der Waals surface area contributed by atoms with Crippen LogP contribution in [0.2, 0.25) is 0 Å². The molecule has 0 saturated carbocycles. The van der Waals surface area contributed by atoms with Crippen LogP contribution in [0.5, 0.6) is 0 Å². The fourth-order valence-corrected chi connectivity index (χ4v) is 4.72. The van der Waals surface area contributed by atoms with Crippen molar-refractivity contribution >= 4 is 30.0 Å². The monoisotopic (exact) mass is 590 g/mol. The van der Waals surface area contributed by atoms with E-state index in [4.69, 9.17) is 0 Å². The maximum atomic E-state index is 3.44. The normalized spacial score (nSPS) is 14.4. The van der Waals surface area contributed by atoms with Gasteiger partial charge in [-0.25, -0.2) is 5.57 Å². The maximum absolute atomic E-state index is 3.44. The smallest absolute Gasteiger partial charge is 1.00 e. The van der Waals surface area contributed by atoms with Gasteiger partial charge in [0.2, 0.25) is 0 Å². The molecule has 0 radical (unpaired) electrons. The molecule has 0 aromatic heterocycles. The Morgan fingerprint density at radius 2 is 1.47 bits per heavy atom. The van der Waals surface area contributed by atoms with Gasteiger partial charge in [-0.05, 0) is 17.8 Å². The Labute approximate surface area is 200 Å². The van der Waals surface area contributed by atoms with Gasteiger partial charge in [0.05, 0.1) is 0 Å². The van der Waals surface area contributed by atoms with E-state index in [1.165, 1.54) is 43.7 Å². The van der Waals surface area contributed by atoms with Crippen LogP contribution in [-0.4, -0.2) is 0 Å². The molecule has 0 spiro atoms. The third-order valence-electron chi connectivity index (χ3n) is 5.60. The fraction of sp³-hybridized carbons (Fsp3) is 0.269. The molecule has 4 rings (SSSR count). The van der Waals surface area contributed by atoms with Crippen molar-refractivity contribution in [3.63, 3.8) is 0 Å². The van der Waals surface area contributed by atoms with E-state index in [2.05, 4.69) is 108 Å². The van der Waals surface area contributed by atoms with E-state index >= 15 is 0 Å². The van der Waals surface area contributed by atoms with Crippen molar-refractivity contribution in [2.45, 2.75) is 41.5 Å². The van der Waals surface area contributed by atoms with Gasteiger partial charge in [0.1, 0.15) is 0 Å². The van der Waals surface area contributed by atoms with Crippen LogP contribution in [0.3, 0.4) is 0 Å². The van der Waals surface area contributed by atoms with E-state index < -0.39 is 0 Å². The largest absolute Gasteiger partial charge is 4.00 e. The van der Waals surface area contributed by atoms with Gasteiger partial charge in [-0.15, -0.1) is 47.3 Å². The molecular formula is C26H29F2HfP. The average molecular weight is 589 g/mol. The quantitative estimate of drug-likeness (QED) is 0.234. The molecule has 1 aliphatic carbocycles. The topological polar surface area (TPSA) is 0 Å². The summed E-state index contributed by atoms with van der Waals surface area (Å²) in [4.78, 5) is 0. The number of hydrogen-bond acceptors (Lipinski definition) is 0.